The van der Waals surface area contributed by atoms with Crippen molar-refractivity contribution in [3.63, 3.8) is 0 Å². The van der Waals surface area contributed by atoms with Gasteiger partial charge < -0.3 is 4.74 Å². The first-order chi connectivity index (χ1) is 8.63. The average molecular weight is 334 g/mol. The molecule has 0 aliphatic heterocycles. The third-order valence-corrected chi connectivity index (χ3v) is 4.09. The SMILES string of the molecule is CC(C)COCCC(CBr)Cc1ccccc1Cl. The molecule has 1 rings (SSSR count). The van der Waals surface area contributed by atoms with Gasteiger partial charge in [-0.05, 0) is 36.3 Å². The molecule has 0 amide bonds. The van der Waals surface area contributed by atoms with E-state index in [1.807, 2.05) is 18.2 Å². The van der Waals surface area contributed by atoms with E-state index in [2.05, 4.69) is 35.8 Å². The van der Waals surface area contributed by atoms with Gasteiger partial charge in [0.1, 0.15) is 0 Å². The van der Waals surface area contributed by atoms with Crippen molar-refractivity contribution in [3.8, 4) is 0 Å². The highest BCUT2D eigenvalue weighted by molar-refractivity contribution is 9.09. The minimum Gasteiger partial charge on any atom is -0.381 e. The maximum Gasteiger partial charge on any atom is 0.0488 e. The monoisotopic (exact) mass is 332 g/mol. The smallest absolute Gasteiger partial charge is 0.0488 e. The van der Waals surface area contributed by atoms with E-state index in [4.69, 9.17) is 16.3 Å². The van der Waals surface area contributed by atoms with Crippen LogP contribution in [0.5, 0.6) is 0 Å². The fourth-order valence-corrected chi connectivity index (χ4v) is 2.54. The highest BCUT2D eigenvalue weighted by Crippen LogP contribution is 2.21. The molecule has 0 N–H and O–H groups in total. The van der Waals surface area contributed by atoms with Crippen LogP contribution in [0.15, 0.2) is 24.3 Å². The predicted octanol–water partition coefficient (Wildman–Crippen LogP) is 4.96. The summed E-state index contributed by atoms with van der Waals surface area (Å²) in [5.74, 6) is 1.19. The number of hydrogen-bond donors (Lipinski definition) is 0. The van der Waals surface area contributed by atoms with Gasteiger partial charge in [-0.3, -0.25) is 0 Å². The highest BCUT2D eigenvalue weighted by atomic mass is 79.9. The molecule has 1 aromatic rings. The molecule has 0 radical (unpaired) electrons. The zero-order valence-corrected chi connectivity index (χ0v) is 13.5. The molecule has 1 unspecified atom stereocenters. The van der Waals surface area contributed by atoms with Crippen LogP contribution in [0.3, 0.4) is 0 Å². The van der Waals surface area contributed by atoms with Crippen molar-refractivity contribution < 1.29 is 4.74 Å². The first-order valence-electron chi connectivity index (χ1n) is 6.50. The van der Waals surface area contributed by atoms with Crippen molar-refractivity contribution in [2.75, 3.05) is 18.5 Å². The molecule has 1 atom stereocenters. The average Bonchev–Trinajstić information content (AvgIpc) is 2.35. The normalized spacial score (nSPS) is 12.9. The Morgan fingerprint density at radius 1 is 1.28 bits per heavy atom. The van der Waals surface area contributed by atoms with Crippen LogP contribution in [-0.2, 0) is 11.2 Å². The van der Waals surface area contributed by atoms with Crippen LogP contribution in [0.25, 0.3) is 0 Å². The Kier molecular flexibility index (Phi) is 7.96. The molecule has 0 aliphatic carbocycles. The molecule has 0 fully saturated rings. The minimum atomic E-state index is 0.581. The summed E-state index contributed by atoms with van der Waals surface area (Å²) >= 11 is 9.76. The third-order valence-electron chi connectivity index (χ3n) is 2.81. The first-order valence-corrected chi connectivity index (χ1v) is 8.00. The van der Waals surface area contributed by atoms with Crippen LogP contribution in [0.4, 0.5) is 0 Å². The van der Waals surface area contributed by atoms with Crippen molar-refractivity contribution in [2.45, 2.75) is 26.7 Å². The van der Waals surface area contributed by atoms with Crippen LogP contribution in [0.2, 0.25) is 5.02 Å². The van der Waals surface area contributed by atoms with Crippen molar-refractivity contribution in [3.05, 3.63) is 34.9 Å². The quantitative estimate of drug-likeness (QED) is 0.483. The molecule has 0 bridgehead atoms. The summed E-state index contributed by atoms with van der Waals surface area (Å²) in [5, 5.41) is 1.86. The van der Waals surface area contributed by atoms with Crippen molar-refractivity contribution in [2.24, 2.45) is 11.8 Å². The second-order valence-electron chi connectivity index (χ2n) is 5.07. The molecule has 0 saturated carbocycles. The molecular weight excluding hydrogens is 312 g/mol. The highest BCUT2D eigenvalue weighted by Gasteiger charge is 2.10. The zero-order chi connectivity index (χ0) is 13.4. The molecule has 0 aromatic heterocycles. The lowest BCUT2D eigenvalue weighted by atomic mass is 9.98. The van der Waals surface area contributed by atoms with Gasteiger partial charge in [0.2, 0.25) is 0 Å². The van der Waals surface area contributed by atoms with Gasteiger partial charge in [-0.25, -0.2) is 0 Å². The molecule has 102 valence electrons. The lowest BCUT2D eigenvalue weighted by Crippen LogP contribution is -2.12. The van der Waals surface area contributed by atoms with Gasteiger partial charge in [0, 0.05) is 23.6 Å². The fourth-order valence-electron chi connectivity index (χ4n) is 1.78. The molecule has 3 heteroatoms. The topological polar surface area (TPSA) is 9.23 Å². The van der Waals surface area contributed by atoms with E-state index >= 15 is 0 Å². The summed E-state index contributed by atoms with van der Waals surface area (Å²) in [6.07, 6.45) is 2.08. The van der Waals surface area contributed by atoms with Crippen LogP contribution in [-0.4, -0.2) is 18.5 Å². The van der Waals surface area contributed by atoms with Crippen molar-refractivity contribution >= 4 is 27.5 Å². The molecule has 18 heavy (non-hydrogen) atoms. The van der Waals surface area contributed by atoms with E-state index in [9.17, 15) is 0 Å². The second-order valence-corrected chi connectivity index (χ2v) is 6.13. The first kappa shape index (κ1) is 16.0. The molecule has 0 heterocycles. The van der Waals surface area contributed by atoms with Gasteiger partial charge in [0.05, 0.1) is 0 Å². The van der Waals surface area contributed by atoms with Gasteiger partial charge in [-0.15, -0.1) is 0 Å². The Morgan fingerprint density at radius 2 is 2.00 bits per heavy atom. The van der Waals surface area contributed by atoms with E-state index in [1.165, 1.54) is 5.56 Å². The Hall–Kier alpha value is -0.0500. The van der Waals surface area contributed by atoms with Crippen LogP contribution in [0.1, 0.15) is 25.8 Å². The summed E-state index contributed by atoms with van der Waals surface area (Å²) < 4.78 is 5.64. The molecule has 1 aromatic carbocycles. The second kappa shape index (κ2) is 8.95. The van der Waals surface area contributed by atoms with Crippen molar-refractivity contribution in [1.82, 2.24) is 0 Å². The number of ether oxygens (including phenoxy) is 1. The van der Waals surface area contributed by atoms with Gasteiger partial charge >= 0.3 is 0 Å². The molecule has 1 nitrogen and oxygen atoms in total. The fraction of sp³-hybridized carbons (Fsp3) is 0.600. The molecular formula is C15H22BrClO. The maximum atomic E-state index is 6.18. The summed E-state index contributed by atoms with van der Waals surface area (Å²) in [6, 6.07) is 8.08. The number of rotatable bonds is 8. The van der Waals surface area contributed by atoms with E-state index < -0.39 is 0 Å². The Morgan fingerprint density at radius 3 is 2.61 bits per heavy atom. The number of alkyl halides is 1. The van der Waals surface area contributed by atoms with Crippen LogP contribution < -0.4 is 0 Å². The molecule has 0 aliphatic rings. The lowest BCUT2D eigenvalue weighted by Gasteiger charge is -2.15. The molecule has 0 spiro atoms. The zero-order valence-electron chi connectivity index (χ0n) is 11.2. The lowest BCUT2D eigenvalue weighted by molar-refractivity contribution is 0.0998. The predicted molar refractivity (Wildman–Crippen MR) is 82.7 cm³/mol. The number of hydrogen-bond acceptors (Lipinski definition) is 1. The van der Waals surface area contributed by atoms with E-state index in [0.29, 0.717) is 11.8 Å². The number of halogens is 2. The van der Waals surface area contributed by atoms with Crippen LogP contribution >= 0.6 is 27.5 Å². The minimum absolute atomic E-state index is 0.581. The standard InChI is InChI=1S/C15H22BrClO/c1-12(2)11-18-8-7-13(10-16)9-14-5-3-4-6-15(14)17/h3-6,12-13H,7-11H2,1-2H3. The van der Waals surface area contributed by atoms with Crippen LogP contribution in [0, 0.1) is 11.8 Å². The van der Waals surface area contributed by atoms with Crippen molar-refractivity contribution in [1.29, 1.82) is 0 Å². The van der Waals surface area contributed by atoms with E-state index in [1.54, 1.807) is 0 Å². The Bertz CT molecular complexity index is 341. The number of benzene rings is 1. The Labute approximate surface area is 124 Å². The van der Waals surface area contributed by atoms with E-state index in [-0.39, 0.29) is 0 Å². The third kappa shape index (κ3) is 6.21. The van der Waals surface area contributed by atoms with Gasteiger partial charge in [0.15, 0.2) is 0 Å². The molecule has 0 saturated heterocycles. The largest absolute Gasteiger partial charge is 0.381 e. The van der Waals surface area contributed by atoms with Gasteiger partial charge in [-0.2, -0.15) is 0 Å². The summed E-state index contributed by atoms with van der Waals surface area (Å²) in [4.78, 5) is 0. The van der Waals surface area contributed by atoms with E-state index in [0.717, 1.165) is 36.4 Å². The maximum absolute atomic E-state index is 6.18. The van der Waals surface area contributed by atoms with Gasteiger partial charge in [0.25, 0.3) is 0 Å². The Balaban J connectivity index is 2.36. The summed E-state index contributed by atoms with van der Waals surface area (Å²) in [7, 11) is 0. The summed E-state index contributed by atoms with van der Waals surface area (Å²) in [6.45, 7) is 6.03. The van der Waals surface area contributed by atoms with Gasteiger partial charge in [-0.1, -0.05) is 59.6 Å². The summed E-state index contributed by atoms with van der Waals surface area (Å²) in [5.41, 5.74) is 1.23.